The highest BCUT2D eigenvalue weighted by atomic mass is 35.5. The third kappa shape index (κ3) is 4.25. The molecule has 0 saturated carbocycles. The summed E-state index contributed by atoms with van der Waals surface area (Å²) in [6, 6.07) is 5.53. The van der Waals surface area contributed by atoms with Crippen molar-refractivity contribution in [2.75, 3.05) is 19.6 Å². The predicted octanol–water partition coefficient (Wildman–Crippen LogP) is 3.06. The van der Waals surface area contributed by atoms with Crippen LogP contribution in [0.15, 0.2) is 18.2 Å². The van der Waals surface area contributed by atoms with Crippen LogP contribution in [0.1, 0.15) is 24.8 Å². The maximum Gasteiger partial charge on any atom is 0.317 e. The fourth-order valence-corrected chi connectivity index (χ4v) is 3.27. The van der Waals surface area contributed by atoms with Crippen molar-refractivity contribution in [3.63, 3.8) is 0 Å². The first kappa shape index (κ1) is 16.4. The van der Waals surface area contributed by atoms with Gasteiger partial charge < -0.3 is 16.0 Å². The molecule has 1 aromatic carbocycles. The van der Waals surface area contributed by atoms with Crippen molar-refractivity contribution in [3.8, 4) is 0 Å². The minimum atomic E-state index is -0.0478. The Kier molecular flexibility index (Phi) is 6.15. The van der Waals surface area contributed by atoms with E-state index < -0.39 is 0 Å². The number of nitrogens with two attached hydrogens (primary N) is 1. The van der Waals surface area contributed by atoms with Crippen LogP contribution in [-0.2, 0) is 6.42 Å². The molecule has 21 heavy (non-hydrogen) atoms. The molecule has 4 nitrogen and oxygen atoms in total. The number of hydrogen-bond acceptors (Lipinski definition) is 2. The number of rotatable bonds is 4. The lowest BCUT2D eigenvalue weighted by Crippen LogP contribution is -2.51. The van der Waals surface area contributed by atoms with Gasteiger partial charge in [0.25, 0.3) is 0 Å². The maximum absolute atomic E-state index is 12.2. The third-order valence-corrected chi connectivity index (χ3v) is 4.58. The normalized spacial score (nSPS) is 18.6. The van der Waals surface area contributed by atoms with E-state index in [4.69, 9.17) is 28.9 Å². The van der Waals surface area contributed by atoms with Crippen molar-refractivity contribution in [2.24, 2.45) is 5.73 Å². The Labute approximate surface area is 135 Å². The summed E-state index contributed by atoms with van der Waals surface area (Å²) in [5, 5.41) is 4.20. The number of likely N-dealkylation sites (tertiary alicyclic amines) is 1. The van der Waals surface area contributed by atoms with Crippen LogP contribution < -0.4 is 11.1 Å². The van der Waals surface area contributed by atoms with Gasteiger partial charge in [0.2, 0.25) is 0 Å². The summed E-state index contributed by atoms with van der Waals surface area (Å²) in [7, 11) is 0. The lowest BCUT2D eigenvalue weighted by molar-refractivity contribution is 0.154. The molecule has 1 atom stereocenters. The molecule has 0 aromatic heterocycles. The van der Waals surface area contributed by atoms with E-state index in [-0.39, 0.29) is 12.1 Å². The summed E-state index contributed by atoms with van der Waals surface area (Å²) in [6.45, 7) is 1.81. The molecule has 1 saturated heterocycles. The molecule has 1 aliphatic heterocycles. The zero-order chi connectivity index (χ0) is 15.2. The molecule has 0 radical (unpaired) electrons. The summed E-state index contributed by atoms with van der Waals surface area (Å²) < 4.78 is 0. The van der Waals surface area contributed by atoms with Crippen molar-refractivity contribution in [3.05, 3.63) is 33.8 Å². The van der Waals surface area contributed by atoms with Gasteiger partial charge in [0.1, 0.15) is 0 Å². The SMILES string of the molecule is NCC1CCCCN1C(=O)NCCc1c(Cl)cccc1Cl. The van der Waals surface area contributed by atoms with E-state index >= 15 is 0 Å². The Morgan fingerprint density at radius 3 is 2.71 bits per heavy atom. The van der Waals surface area contributed by atoms with Gasteiger partial charge in [0.15, 0.2) is 0 Å². The van der Waals surface area contributed by atoms with Crippen molar-refractivity contribution in [1.29, 1.82) is 0 Å². The zero-order valence-corrected chi connectivity index (χ0v) is 13.5. The van der Waals surface area contributed by atoms with E-state index in [0.29, 0.717) is 29.6 Å². The molecule has 1 aliphatic rings. The molecule has 6 heteroatoms. The largest absolute Gasteiger partial charge is 0.338 e. The lowest BCUT2D eigenvalue weighted by atomic mass is 10.0. The van der Waals surface area contributed by atoms with Gasteiger partial charge in [-0.2, -0.15) is 0 Å². The fraction of sp³-hybridized carbons (Fsp3) is 0.533. The van der Waals surface area contributed by atoms with Crippen LogP contribution in [0.4, 0.5) is 4.79 Å². The van der Waals surface area contributed by atoms with Gasteiger partial charge in [-0.3, -0.25) is 0 Å². The Bertz CT molecular complexity index is 476. The van der Waals surface area contributed by atoms with E-state index in [1.165, 1.54) is 0 Å². The van der Waals surface area contributed by atoms with Crippen LogP contribution in [0.5, 0.6) is 0 Å². The van der Waals surface area contributed by atoms with Crippen LogP contribution in [-0.4, -0.2) is 36.6 Å². The number of urea groups is 1. The number of piperidine rings is 1. The quantitative estimate of drug-likeness (QED) is 0.891. The highest BCUT2D eigenvalue weighted by Gasteiger charge is 2.25. The van der Waals surface area contributed by atoms with Gasteiger partial charge in [0, 0.05) is 35.7 Å². The van der Waals surface area contributed by atoms with Crippen molar-refractivity contribution in [2.45, 2.75) is 31.7 Å². The summed E-state index contributed by atoms with van der Waals surface area (Å²) in [5.41, 5.74) is 6.60. The second kappa shape index (κ2) is 7.87. The Morgan fingerprint density at radius 2 is 2.05 bits per heavy atom. The van der Waals surface area contributed by atoms with Crippen LogP contribution in [0.2, 0.25) is 10.0 Å². The van der Waals surface area contributed by atoms with E-state index in [9.17, 15) is 4.79 Å². The third-order valence-electron chi connectivity index (χ3n) is 3.87. The molecule has 2 rings (SSSR count). The molecule has 2 amide bonds. The molecule has 0 aliphatic carbocycles. The van der Waals surface area contributed by atoms with Crippen molar-refractivity contribution < 1.29 is 4.79 Å². The highest BCUT2D eigenvalue weighted by Crippen LogP contribution is 2.24. The summed E-state index contributed by atoms with van der Waals surface area (Å²) in [4.78, 5) is 14.1. The summed E-state index contributed by atoms with van der Waals surface area (Å²) >= 11 is 12.2. The summed E-state index contributed by atoms with van der Waals surface area (Å²) in [5.74, 6) is 0. The fourth-order valence-electron chi connectivity index (χ4n) is 2.68. The first-order valence-corrected chi connectivity index (χ1v) is 8.06. The first-order valence-electron chi connectivity index (χ1n) is 7.31. The molecule has 0 spiro atoms. The number of nitrogens with zero attached hydrogens (tertiary/aromatic N) is 1. The minimum Gasteiger partial charge on any atom is -0.338 e. The van der Waals surface area contributed by atoms with Crippen LogP contribution in [0, 0.1) is 0 Å². The molecule has 1 aromatic rings. The second-order valence-corrected chi connectivity index (χ2v) is 6.08. The molecule has 1 heterocycles. The van der Waals surface area contributed by atoms with E-state index in [2.05, 4.69) is 5.32 Å². The number of nitrogens with one attached hydrogen (secondary N) is 1. The average Bonchev–Trinajstić information content (AvgIpc) is 2.50. The Hall–Kier alpha value is -0.970. The van der Waals surface area contributed by atoms with Gasteiger partial charge in [0.05, 0.1) is 0 Å². The second-order valence-electron chi connectivity index (χ2n) is 5.26. The summed E-state index contributed by atoms with van der Waals surface area (Å²) in [6.07, 6.45) is 3.78. The maximum atomic E-state index is 12.2. The molecule has 1 fully saturated rings. The van der Waals surface area contributed by atoms with Gasteiger partial charge in [-0.1, -0.05) is 29.3 Å². The smallest absolute Gasteiger partial charge is 0.317 e. The Balaban J connectivity index is 1.86. The molecule has 116 valence electrons. The number of hydrogen-bond donors (Lipinski definition) is 2. The van der Waals surface area contributed by atoms with Crippen LogP contribution >= 0.6 is 23.2 Å². The Morgan fingerprint density at radius 1 is 1.33 bits per heavy atom. The van der Waals surface area contributed by atoms with Gasteiger partial charge >= 0.3 is 6.03 Å². The topological polar surface area (TPSA) is 58.4 Å². The number of halogens is 2. The molecule has 1 unspecified atom stereocenters. The van der Waals surface area contributed by atoms with E-state index in [1.54, 1.807) is 12.1 Å². The number of benzene rings is 1. The average molecular weight is 330 g/mol. The van der Waals surface area contributed by atoms with Gasteiger partial charge in [-0.15, -0.1) is 0 Å². The van der Waals surface area contributed by atoms with Crippen LogP contribution in [0.3, 0.4) is 0 Å². The zero-order valence-electron chi connectivity index (χ0n) is 11.9. The molecule has 3 N–H and O–H groups in total. The minimum absolute atomic E-state index is 0.0478. The number of carbonyl (C=O) groups is 1. The first-order chi connectivity index (χ1) is 10.1. The molecule has 0 bridgehead atoms. The number of amides is 2. The van der Waals surface area contributed by atoms with Crippen LogP contribution in [0.25, 0.3) is 0 Å². The highest BCUT2D eigenvalue weighted by molar-refractivity contribution is 6.35. The monoisotopic (exact) mass is 329 g/mol. The van der Waals surface area contributed by atoms with Gasteiger partial charge in [-0.25, -0.2) is 4.79 Å². The van der Waals surface area contributed by atoms with E-state index in [0.717, 1.165) is 31.4 Å². The predicted molar refractivity (Wildman–Crippen MR) is 87.0 cm³/mol. The molecular formula is C15H21Cl2N3O. The van der Waals surface area contributed by atoms with E-state index in [1.807, 2.05) is 11.0 Å². The number of carbonyl (C=O) groups excluding carboxylic acids is 1. The standard InChI is InChI=1S/C15H21Cl2N3O/c16-13-5-3-6-14(17)12(13)7-8-19-15(21)20-9-2-1-4-11(20)10-18/h3,5-6,11H,1-2,4,7-10,18H2,(H,19,21). The van der Waals surface area contributed by atoms with Crippen molar-refractivity contribution in [1.82, 2.24) is 10.2 Å². The lowest BCUT2D eigenvalue weighted by Gasteiger charge is -2.35. The van der Waals surface area contributed by atoms with Gasteiger partial charge in [-0.05, 0) is 43.4 Å². The molecular weight excluding hydrogens is 309 g/mol. The van der Waals surface area contributed by atoms with Crippen molar-refractivity contribution >= 4 is 29.2 Å².